The van der Waals surface area contributed by atoms with Crippen molar-refractivity contribution in [3.8, 4) is 22.7 Å². The van der Waals surface area contributed by atoms with Gasteiger partial charge in [-0.1, -0.05) is 35.3 Å². The molecule has 0 saturated heterocycles. The molecular weight excluding hydrogens is 649 g/mol. The first-order valence-corrected chi connectivity index (χ1v) is 15.2. The van der Waals surface area contributed by atoms with E-state index >= 15 is 0 Å². The number of aliphatic hydroxyl groups excluding tert-OH is 1. The quantitative estimate of drug-likeness (QED) is 0.0670. The molecule has 3 aromatic carbocycles. The summed E-state index contributed by atoms with van der Waals surface area (Å²) in [5.41, 5.74) is 3.87. The highest BCUT2D eigenvalue weighted by atomic mass is 35.5. The van der Waals surface area contributed by atoms with Gasteiger partial charge < -0.3 is 14.9 Å². The molecule has 1 aromatic heterocycles. The van der Waals surface area contributed by atoms with E-state index in [-0.39, 0.29) is 49.8 Å². The van der Waals surface area contributed by atoms with Crippen LogP contribution in [0, 0.1) is 0 Å². The number of halogens is 2. The van der Waals surface area contributed by atoms with Gasteiger partial charge in [0.1, 0.15) is 11.5 Å². The molecule has 4 rings (SSSR count). The normalized spacial score (nSPS) is 10.1. The van der Waals surface area contributed by atoms with Crippen molar-refractivity contribution in [1.82, 2.24) is 14.8 Å². The molecule has 0 bridgehead atoms. The van der Waals surface area contributed by atoms with E-state index < -0.39 is 5.97 Å². The van der Waals surface area contributed by atoms with Crippen molar-refractivity contribution >= 4 is 46.6 Å². The molecule has 0 spiro atoms. The molecule has 4 aromatic rings. The maximum atomic E-state index is 11.7. The Hall–Kier alpha value is -4.55. The molecule has 13 heteroatoms. The summed E-state index contributed by atoms with van der Waals surface area (Å²) in [6.45, 7) is 1.93. The minimum absolute atomic E-state index is 0.116. The van der Waals surface area contributed by atoms with Gasteiger partial charge in [-0.25, -0.2) is 9.75 Å². The van der Waals surface area contributed by atoms with Gasteiger partial charge in [-0.15, -0.1) is 0 Å². The third-order valence-electron chi connectivity index (χ3n) is 6.31. The average molecular weight is 687 g/mol. The van der Waals surface area contributed by atoms with Crippen LogP contribution in [0.2, 0.25) is 10.0 Å². The fraction of sp³-hybridized carbons (Fsp3) is 0.265. The maximum absolute atomic E-state index is 11.7. The van der Waals surface area contributed by atoms with Crippen LogP contribution in [0.5, 0.6) is 5.75 Å². The number of carbonyl (C=O) groups excluding carboxylic acids is 3. The Morgan fingerprint density at radius 3 is 1.94 bits per heavy atom. The number of hydrogen-bond acceptors (Lipinski definition) is 8. The smallest absolute Gasteiger partial charge is 0.303 e. The lowest BCUT2D eigenvalue weighted by Gasteiger charge is -2.09. The summed E-state index contributed by atoms with van der Waals surface area (Å²) in [6.07, 6.45) is -0.0313. The Labute approximate surface area is 282 Å². The zero-order valence-corrected chi connectivity index (χ0v) is 27.7. The number of carboxylic acid groups (broad SMARTS) is 1. The summed E-state index contributed by atoms with van der Waals surface area (Å²) in [4.78, 5) is 44.8. The van der Waals surface area contributed by atoms with Gasteiger partial charge in [0.25, 0.3) is 0 Å². The van der Waals surface area contributed by atoms with Gasteiger partial charge in [-0.2, -0.15) is 5.10 Å². The average Bonchev–Trinajstić information content (AvgIpc) is 3.48. The fourth-order valence-corrected chi connectivity index (χ4v) is 4.20. The van der Waals surface area contributed by atoms with Crippen LogP contribution < -0.4 is 4.74 Å². The van der Waals surface area contributed by atoms with E-state index in [1.807, 2.05) is 59.3 Å². The van der Waals surface area contributed by atoms with Crippen LogP contribution in [0.3, 0.4) is 0 Å². The number of ketones is 2. The van der Waals surface area contributed by atoms with Crippen LogP contribution in [0.25, 0.3) is 16.9 Å². The van der Waals surface area contributed by atoms with Crippen LogP contribution in [0.1, 0.15) is 48.7 Å². The monoisotopic (exact) mass is 685 g/mol. The molecule has 3 N–H and O–H groups in total. The van der Waals surface area contributed by atoms with E-state index in [2.05, 4.69) is 5.10 Å². The number of hydrogen-bond donors (Lipinski definition) is 3. The Morgan fingerprint density at radius 2 is 1.43 bits per heavy atom. The zero-order valence-electron chi connectivity index (χ0n) is 26.2. The molecule has 1 amide bonds. The highest BCUT2D eigenvalue weighted by molar-refractivity contribution is 6.31. The molecule has 0 unspecified atom stereocenters. The van der Waals surface area contributed by atoms with Crippen LogP contribution in [-0.4, -0.2) is 74.5 Å². The van der Waals surface area contributed by atoms with E-state index in [9.17, 15) is 24.4 Å². The number of ether oxygens (including phenoxy) is 1. The van der Waals surface area contributed by atoms with Crippen molar-refractivity contribution in [2.75, 3.05) is 20.8 Å². The Bertz CT molecular complexity index is 1600. The molecule has 0 aliphatic heterocycles. The zero-order chi connectivity index (χ0) is 34.9. The summed E-state index contributed by atoms with van der Waals surface area (Å²) >= 11 is 11.7. The molecule has 0 saturated carbocycles. The summed E-state index contributed by atoms with van der Waals surface area (Å²) in [5, 5.41) is 31.6. The number of aliphatic hydroxyl groups is 1. The SMILES string of the molecule is CCO.COc1ccc(-n2nc(CCC(=O)N(C)O)cc2-c2ccc(Cl)cc2)cc1.O=C(O)CCC(=O)CC(=O)c1ccc(Cl)cc1. The number of methoxy groups -OCH3 is 1. The van der Waals surface area contributed by atoms with E-state index in [0.717, 1.165) is 28.4 Å². The second-order valence-electron chi connectivity index (χ2n) is 9.91. The van der Waals surface area contributed by atoms with E-state index in [4.69, 9.17) is 38.2 Å². The lowest BCUT2D eigenvalue weighted by molar-refractivity contribution is -0.159. The molecule has 0 fully saturated rings. The van der Waals surface area contributed by atoms with Gasteiger partial charge in [0, 0.05) is 54.1 Å². The van der Waals surface area contributed by atoms with Crippen molar-refractivity contribution in [3.05, 3.63) is 100 Å². The number of aromatic nitrogens is 2. The summed E-state index contributed by atoms with van der Waals surface area (Å²) in [5.74, 6) is -1.33. The second kappa shape index (κ2) is 19.9. The first kappa shape index (κ1) is 38.6. The van der Waals surface area contributed by atoms with Gasteiger partial charge in [-0.3, -0.25) is 24.4 Å². The molecule has 47 heavy (non-hydrogen) atoms. The van der Waals surface area contributed by atoms with Gasteiger partial charge in [-0.05, 0) is 73.7 Å². The number of Topliss-reactive ketones (excluding diaryl/α,β-unsaturated/α-hetero) is 2. The van der Waals surface area contributed by atoms with Gasteiger partial charge in [0.15, 0.2) is 5.78 Å². The largest absolute Gasteiger partial charge is 0.497 e. The number of aryl methyl sites for hydroxylation is 1. The number of carbonyl (C=O) groups is 4. The Morgan fingerprint density at radius 1 is 0.872 bits per heavy atom. The molecule has 0 atom stereocenters. The van der Waals surface area contributed by atoms with E-state index in [1.165, 1.54) is 19.2 Å². The van der Waals surface area contributed by atoms with Crippen molar-refractivity contribution < 1.29 is 39.3 Å². The van der Waals surface area contributed by atoms with Gasteiger partial charge in [0.2, 0.25) is 5.91 Å². The van der Waals surface area contributed by atoms with Crippen LogP contribution in [0.15, 0.2) is 78.9 Å². The van der Waals surface area contributed by atoms with Crippen molar-refractivity contribution in [3.63, 3.8) is 0 Å². The van der Waals surface area contributed by atoms with Gasteiger partial charge >= 0.3 is 5.97 Å². The summed E-state index contributed by atoms with van der Waals surface area (Å²) < 4.78 is 7.04. The summed E-state index contributed by atoms with van der Waals surface area (Å²) in [7, 11) is 2.94. The topological polar surface area (TPSA) is 159 Å². The molecule has 0 radical (unpaired) electrons. The summed E-state index contributed by atoms with van der Waals surface area (Å²) in [6, 6.07) is 23.2. The van der Waals surface area contributed by atoms with Crippen LogP contribution >= 0.6 is 23.2 Å². The minimum atomic E-state index is -1.04. The molecule has 1 heterocycles. The number of hydroxylamine groups is 2. The third kappa shape index (κ3) is 13.4. The molecule has 0 aliphatic rings. The minimum Gasteiger partial charge on any atom is -0.497 e. The fourth-order valence-electron chi connectivity index (χ4n) is 3.95. The number of aliphatic carboxylic acids is 1. The van der Waals surface area contributed by atoms with Crippen molar-refractivity contribution in [2.45, 2.75) is 39.0 Å². The second-order valence-corrected chi connectivity index (χ2v) is 10.8. The first-order chi connectivity index (χ1) is 22.4. The standard InChI is InChI=1S/C20H20ClN3O3.C12H11ClO4.C2H6O/c1-23(26)20(25)12-7-16-13-19(14-3-5-15(21)6-4-14)24(22-16)17-8-10-18(27-2)11-9-17;13-9-3-1-8(2-4-9)11(15)7-10(14)5-6-12(16)17;1-2-3/h3-6,8-11,13,26H,7,12H2,1-2H3;1-4H,5-7H2,(H,16,17);3H,2H2,1H3. The van der Waals surface area contributed by atoms with Crippen LogP contribution in [0.4, 0.5) is 0 Å². The molecular formula is C34H37Cl2N3O8. The highest BCUT2D eigenvalue weighted by Crippen LogP contribution is 2.27. The highest BCUT2D eigenvalue weighted by Gasteiger charge is 2.15. The number of nitrogens with zero attached hydrogens (tertiary/aromatic N) is 3. The van der Waals surface area contributed by atoms with Crippen LogP contribution in [-0.2, 0) is 20.8 Å². The Balaban J connectivity index is 0.000000330. The number of rotatable bonds is 12. The lowest BCUT2D eigenvalue weighted by atomic mass is 10.0. The molecule has 250 valence electrons. The maximum Gasteiger partial charge on any atom is 0.303 e. The first-order valence-electron chi connectivity index (χ1n) is 14.5. The van der Waals surface area contributed by atoms with E-state index in [1.54, 1.807) is 26.2 Å². The predicted molar refractivity (Wildman–Crippen MR) is 178 cm³/mol. The predicted octanol–water partition coefficient (Wildman–Crippen LogP) is 6.33. The van der Waals surface area contributed by atoms with E-state index in [0.29, 0.717) is 27.1 Å². The van der Waals surface area contributed by atoms with Crippen molar-refractivity contribution in [2.24, 2.45) is 0 Å². The Kier molecular flexibility index (Phi) is 16.3. The molecule has 0 aliphatic carbocycles. The number of amides is 1. The number of carboxylic acids is 1. The third-order valence-corrected chi connectivity index (χ3v) is 6.82. The molecule has 11 nitrogen and oxygen atoms in total. The van der Waals surface area contributed by atoms with Crippen molar-refractivity contribution in [1.29, 1.82) is 0 Å². The lowest BCUT2D eigenvalue weighted by Crippen LogP contribution is -2.22. The number of benzene rings is 3. The van der Waals surface area contributed by atoms with Gasteiger partial charge in [0.05, 0.1) is 37.0 Å².